The van der Waals surface area contributed by atoms with Gasteiger partial charge in [-0.05, 0) is 49.3 Å². The molecule has 1 unspecified atom stereocenters. The van der Waals surface area contributed by atoms with Crippen LogP contribution in [0.25, 0.3) is 0 Å². The van der Waals surface area contributed by atoms with Gasteiger partial charge in [-0.2, -0.15) is 13.2 Å². The Morgan fingerprint density at radius 1 is 1.20 bits per heavy atom. The maximum Gasteiger partial charge on any atom is 0.434 e. The zero-order valence-corrected chi connectivity index (χ0v) is 24.1. The number of alkyl halides is 3. The molecular weight excluding hydrogens is 515 g/mol. The molecule has 3 N–H and O–H groups in total. The highest BCUT2D eigenvalue weighted by atomic mass is 19.4. The van der Waals surface area contributed by atoms with Gasteiger partial charge in [0.25, 0.3) is 0 Å². The highest BCUT2D eigenvalue weighted by Gasteiger charge is 2.36. The molecule has 0 saturated carbocycles. The number of nitrogens with zero attached hydrogens (tertiary/aromatic N) is 3. The van der Waals surface area contributed by atoms with Crippen molar-refractivity contribution in [3.8, 4) is 0 Å². The lowest BCUT2D eigenvalue weighted by Gasteiger charge is -2.22. The number of aliphatic imine (C=N–C) groups is 1. The monoisotopic (exact) mass is 555 g/mol. The van der Waals surface area contributed by atoms with Crippen molar-refractivity contribution in [3.63, 3.8) is 0 Å². The van der Waals surface area contributed by atoms with E-state index in [1.54, 1.807) is 10.8 Å². The molecule has 2 heterocycles. The number of nitrogens with one attached hydrogen (secondary N) is 1. The zero-order valence-electron chi connectivity index (χ0n) is 24.1. The van der Waals surface area contributed by atoms with E-state index in [0.717, 1.165) is 41.4 Å². The van der Waals surface area contributed by atoms with E-state index in [1.807, 2.05) is 44.2 Å². The molecule has 0 radical (unpaired) electrons. The van der Waals surface area contributed by atoms with Gasteiger partial charge in [0.15, 0.2) is 5.69 Å². The molecule has 1 aromatic carbocycles. The summed E-state index contributed by atoms with van der Waals surface area (Å²) in [4.78, 5) is 8.82. The third-order valence-electron chi connectivity index (χ3n) is 7.50. The van der Waals surface area contributed by atoms with Gasteiger partial charge in [-0.1, -0.05) is 64.1 Å². The summed E-state index contributed by atoms with van der Waals surface area (Å²) in [5.41, 5.74) is 10.7. The highest BCUT2D eigenvalue weighted by molar-refractivity contribution is 5.99. The number of benzene rings is 1. The lowest BCUT2D eigenvalue weighted by Crippen LogP contribution is -2.22. The van der Waals surface area contributed by atoms with Crippen LogP contribution in [-0.4, -0.2) is 28.6 Å². The second kappa shape index (κ2) is 11.6. The Bertz CT molecular complexity index is 1340. The number of aromatic nitrogens is 2. The first kappa shape index (κ1) is 29.6. The Kier molecular flexibility index (Phi) is 8.63. The van der Waals surface area contributed by atoms with Crippen LogP contribution in [0, 0.1) is 5.41 Å². The van der Waals surface area contributed by atoms with Gasteiger partial charge in [0.2, 0.25) is 0 Å². The Morgan fingerprint density at radius 2 is 1.93 bits per heavy atom. The van der Waals surface area contributed by atoms with Crippen molar-refractivity contribution in [1.82, 2.24) is 14.9 Å². The van der Waals surface area contributed by atoms with Crippen LogP contribution < -0.4 is 11.1 Å². The van der Waals surface area contributed by atoms with Crippen molar-refractivity contribution in [2.24, 2.45) is 16.1 Å². The Balaban J connectivity index is 1.44. The van der Waals surface area contributed by atoms with E-state index >= 15 is 0 Å². The normalized spacial score (nSPS) is 19.5. The van der Waals surface area contributed by atoms with Gasteiger partial charge in [0, 0.05) is 35.1 Å². The molecule has 1 aliphatic carbocycles. The topological polar surface area (TPSA) is 77.5 Å². The average molecular weight is 556 g/mol. The van der Waals surface area contributed by atoms with Crippen LogP contribution in [-0.2, 0) is 10.9 Å². The number of amidine groups is 1. The lowest BCUT2D eigenvalue weighted by molar-refractivity contribution is -0.141. The Hall–Kier alpha value is -3.33. The molecule has 1 atom stereocenters. The summed E-state index contributed by atoms with van der Waals surface area (Å²) in [7, 11) is 0. The fourth-order valence-electron chi connectivity index (χ4n) is 5.22. The quantitative estimate of drug-likeness (QED) is 0.254. The van der Waals surface area contributed by atoms with Gasteiger partial charge >= 0.3 is 6.18 Å². The first-order chi connectivity index (χ1) is 18.8. The molecule has 1 aromatic heterocycles. The lowest BCUT2D eigenvalue weighted by atomic mass is 9.90. The number of rotatable bonds is 9. The summed E-state index contributed by atoms with van der Waals surface area (Å²) in [6.45, 7) is 13.1. The second-order valence-electron chi connectivity index (χ2n) is 11.8. The summed E-state index contributed by atoms with van der Waals surface area (Å²) in [6, 6.07) is 7.50. The maximum absolute atomic E-state index is 13.3. The molecule has 4 rings (SSSR count). The van der Waals surface area contributed by atoms with Gasteiger partial charge in [0.05, 0.1) is 13.2 Å². The molecule has 2 aliphatic rings. The van der Waals surface area contributed by atoms with Crippen molar-refractivity contribution < 1.29 is 17.9 Å². The van der Waals surface area contributed by atoms with Crippen LogP contribution in [0.1, 0.15) is 95.0 Å². The van der Waals surface area contributed by atoms with Crippen molar-refractivity contribution in [1.29, 1.82) is 0 Å². The minimum absolute atomic E-state index is 0.109. The third-order valence-corrected chi connectivity index (χ3v) is 7.50. The first-order valence-corrected chi connectivity index (χ1v) is 13.8. The van der Waals surface area contributed by atoms with Crippen LogP contribution in [0.3, 0.4) is 0 Å². The first-order valence-electron chi connectivity index (χ1n) is 13.8. The van der Waals surface area contributed by atoms with Crippen LogP contribution in [0.5, 0.6) is 0 Å². The number of dihydropyridines is 1. The smallest absolute Gasteiger partial charge is 0.383 e. The zero-order chi connectivity index (χ0) is 29.2. The fraction of sp³-hybridized carbons (Fsp3) is 0.484. The minimum atomic E-state index is -4.49. The van der Waals surface area contributed by atoms with E-state index < -0.39 is 17.9 Å². The number of hydrogen-bond acceptors (Lipinski definition) is 4. The highest BCUT2D eigenvalue weighted by Crippen LogP contribution is 2.43. The van der Waals surface area contributed by atoms with E-state index in [1.165, 1.54) is 5.56 Å². The molecular formula is C31H40F3N5O. The van der Waals surface area contributed by atoms with Gasteiger partial charge in [0.1, 0.15) is 17.7 Å². The average Bonchev–Trinajstić information content (AvgIpc) is 3.47. The van der Waals surface area contributed by atoms with Gasteiger partial charge in [-0.15, -0.1) is 0 Å². The maximum atomic E-state index is 13.3. The molecule has 0 bridgehead atoms. The minimum Gasteiger partial charge on any atom is -0.383 e. The predicted molar refractivity (Wildman–Crippen MR) is 153 cm³/mol. The number of ether oxygens (including phenoxy) is 1. The molecule has 40 heavy (non-hydrogen) atoms. The summed E-state index contributed by atoms with van der Waals surface area (Å²) in [5, 5.41) is 3.17. The summed E-state index contributed by atoms with van der Waals surface area (Å²) in [6.07, 6.45) is 3.92. The molecule has 6 nitrogen and oxygen atoms in total. The molecule has 0 fully saturated rings. The SMILES string of the molecule is CC(C)c1ccccc1C(N)=NC1=C(COCC2=CNC(c3nc(C(F)(F)F)cn3C(C)C)C=C2)CCC1(C)C. The van der Waals surface area contributed by atoms with E-state index in [0.29, 0.717) is 30.8 Å². The van der Waals surface area contributed by atoms with E-state index in [-0.39, 0.29) is 11.5 Å². The van der Waals surface area contributed by atoms with Crippen LogP contribution in [0.4, 0.5) is 13.2 Å². The fourth-order valence-corrected chi connectivity index (χ4v) is 5.22. The number of halogens is 3. The molecule has 1 aliphatic heterocycles. The Labute approximate surface area is 234 Å². The van der Waals surface area contributed by atoms with Gasteiger partial charge in [-0.3, -0.25) is 0 Å². The van der Waals surface area contributed by atoms with E-state index in [2.05, 4.69) is 44.1 Å². The van der Waals surface area contributed by atoms with E-state index in [9.17, 15) is 13.2 Å². The summed E-state index contributed by atoms with van der Waals surface area (Å²) in [5.74, 6) is 1.18. The molecule has 2 aromatic rings. The molecule has 0 amide bonds. The predicted octanol–water partition coefficient (Wildman–Crippen LogP) is 7.19. The van der Waals surface area contributed by atoms with Crippen molar-refractivity contribution >= 4 is 5.84 Å². The van der Waals surface area contributed by atoms with Gasteiger partial charge in [-0.25, -0.2) is 9.98 Å². The van der Waals surface area contributed by atoms with Crippen LogP contribution in [0.15, 0.2) is 70.6 Å². The third kappa shape index (κ3) is 6.52. The van der Waals surface area contributed by atoms with Crippen LogP contribution in [0.2, 0.25) is 0 Å². The van der Waals surface area contributed by atoms with Crippen molar-refractivity contribution in [2.45, 2.75) is 78.6 Å². The molecule has 9 heteroatoms. The van der Waals surface area contributed by atoms with E-state index in [4.69, 9.17) is 15.5 Å². The summed E-state index contributed by atoms with van der Waals surface area (Å²) < 4.78 is 47.4. The number of allylic oxidation sites excluding steroid dienone is 1. The van der Waals surface area contributed by atoms with Crippen molar-refractivity contribution in [3.05, 3.63) is 88.3 Å². The standard InChI is InChI=1S/C31H40F3N5O/c1-19(2)23-9-7-8-10-24(23)28(35)38-27-22(13-14-30(27,5)6)18-40-17-21-11-12-25(36-15-21)29-37-26(31(32,33)34)16-39(29)20(3)4/h7-12,15-16,19-20,25,36H,13-14,17-18H2,1-6H3,(H2,35,38). The molecule has 0 spiro atoms. The number of hydrogen-bond donors (Lipinski definition) is 2. The summed E-state index contributed by atoms with van der Waals surface area (Å²) >= 11 is 0. The van der Waals surface area contributed by atoms with Gasteiger partial charge < -0.3 is 20.4 Å². The number of imidazole rings is 1. The largest absolute Gasteiger partial charge is 0.434 e. The van der Waals surface area contributed by atoms with Crippen LogP contribution >= 0.6 is 0 Å². The molecule has 216 valence electrons. The van der Waals surface area contributed by atoms with Crippen molar-refractivity contribution in [2.75, 3.05) is 13.2 Å². The Morgan fingerprint density at radius 3 is 2.55 bits per heavy atom. The molecule has 0 saturated heterocycles. The number of nitrogens with two attached hydrogens (primary N) is 1. The second-order valence-corrected chi connectivity index (χ2v) is 11.8.